The smallest absolute Gasteiger partial charge is 0.254 e. The fraction of sp³-hybridized carbons (Fsp3) is 0.364. The molecule has 1 aromatic heterocycles. The van der Waals surface area contributed by atoms with E-state index in [9.17, 15) is 9.59 Å². The van der Waals surface area contributed by atoms with Gasteiger partial charge in [-0.3, -0.25) is 9.59 Å². The van der Waals surface area contributed by atoms with Crippen molar-refractivity contribution in [2.24, 2.45) is 0 Å². The van der Waals surface area contributed by atoms with Crippen molar-refractivity contribution >= 4 is 29.2 Å². The van der Waals surface area contributed by atoms with E-state index in [1.165, 1.54) is 17.0 Å². The average molecular weight is 269 g/mol. The second kappa shape index (κ2) is 5.22. The molecule has 0 atom stereocenters. The molecule has 1 aliphatic rings. The van der Waals surface area contributed by atoms with Gasteiger partial charge in [0.25, 0.3) is 5.91 Å². The molecule has 1 saturated heterocycles. The maximum atomic E-state index is 12.2. The predicted octanol–water partition coefficient (Wildman–Crippen LogP) is 0.279. The molecule has 18 heavy (non-hydrogen) atoms. The van der Waals surface area contributed by atoms with Crippen molar-refractivity contribution in [1.29, 1.82) is 0 Å². The van der Waals surface area contributed by atoms with Gasteiger partial charge in [-0.2, -0.15) is 0 Å². The molecule has 0 unspecified atom stereocenters. The Morgan fingerprint density at radius 1 is 1.50 bits per heavy atom. The summed E-state index contributed by atoms with van der Waals surface area (Å²) in [4.78, 5) is 28.9. The van der Waals surface area contributed by atoms with Crippen molar-refractivity contribution < 1.29 is 9.59 Å². The molecule has 0 bridgehead atoms. The molecular formula is C11H13ClN4O2. The lowest BCUT2D eigenvalue weighted by atomic mass is 10.2. The zero-order valence-corrected chi connectivity index (χ0v) is 10.4. The molecule has 2 amide bonds. The first-order valence-corrected chi connectivity index (χ1v) is 5.93. The van der Waals surface area contributed by atoms with E-state index in [-0.39, 0.29) is 29.3 Å². The molecule has 6 nitrogen and oxygen atoms in total. The van der Waals surface area contributed by atoms with Crippen LogP contribution in [0.15, 0.2) is 12.1 Å². The second-order valence-electron chi connectivity index (χ2n) is 4.03. The van der Waals surface area contributed by atoms with Crippen molar-refractivity contribution in [1.82, 2.24) is 15.2 Å². The lowest BCUT2D eigenvalue weighted by Crippen LogP contribution is -2.37. The van der Waals surface area contributed by atoms with Gasteiger partial charge in [-0.05, 0) is 18.6 Å². The van der Waals surface area contributed by atoms with Gasteiger partial charge in [-0.1, -0.05) is 11.6 Å². The molecule has 2 heterocycles. The van der Waals surface area contributed by atoms with Crippen LogP contribution in [-0.4, -0.2) is 41.3 Å². The van der Waals surface area contributed by atoms with Crippen LogP contribution in [0.2, 0.25) is 5.15 Å². The van der Waals surface area contributed by atoms with Crippen LogP contribution >= 0.6 is 11.6 Å². The third-order valence-electron chi connectivity index (χ3n) is 2.61. The van der Waals surface area contributed by atoms with E-state index in [2.05, 4.69) is 10.3 Å². The average Bonchev–Trinajstić information content (AvgIpc) is 2.51. The second-order valence-corrected chi connectivity index (χ2v) is 4.42. The summed E-state index contributed by atoms with van der Waals surface area (Å²) in [5, 5.41) is 2.87. The highest BCUT2D eigenvalue weighted by molar-refractivity contribution is 6.29. The number of hydrogen-bond acceptors (Lipinski definition) is 4. The van der Waals surface area contributed by atoms with Gasteiger partial charge in [0, 0.05) is 18.7 Å². The van der Waals surface area contributed by atoms with Gasteiger partial charge in [0.2, 0.25) is 5.91 Å². The van der Waals surface area contributed by atoms with E-state index < -0.39 is 0 Å². The third kappa shape index (κ3) is 2.89. The normalized spacial score (nSPS) is 16.1. The fourth-order valence-electron chi connectivity index (χ4n) is 1.80. The quantitative estimate of drug-likeness (QED) is 0.716. The van der Waals surface area contributed by atoms with Crippen LogP contribution in [-0.2, 0) is 4.79 Å². The van der Waals surface area contributed by atoms with Crippen LogP contribution in [0.5, 0.6) is 0 Å². The largest absolute Gasteiger partial charge is 0.384 e. The van der Waals surface area contributed by atoms with Crippen molar-refractivity contribution in [3.05, 3.63) is 22.8 Å². The van der Waals surface area contributed by atoms with Crippen LogP contribution in [0.4, 0.5) is 5.82 Å². The highest BCUT2D eigenvalue weighted by Gasteiger charge is 2.21. The van der Waals surface area contributed by atoms with E-state index in [1.807, 2.05) is 0 Å². The molecule has 0 spiro atoms. The maximum Gasteiger partial charge on any atom is 0.254 e. The minimum absolute atomic E-state index is 0.0542. The third-order valence-corrected chi connectivity index (χ3v) is 2.80. The SMILES string of the molecule is Nc1cc(C(=O)N2CCCNC(=O)C2)cc(Cl)n1. The summed E-state index contributed by atoms with van der Waals surface area (Å²) >= 11 is 5.75. The summed E-state index contributed by atoms with van der Waals surface area (Å²) in [6.45, 7) is 1.16. The summed E-state index contributed by atoms with van der Waals surface area (Å²) in [5.41, 5.74) is 5.89. The minimum atomic E-state index is -0.261. The molecule has 2 rings (SSSR count). The Bertz CT molecular complexity index is 472. The number of rotatable bonds is 1. The number of nitrogens with two attached hydrogens (primary N) is 1. The molecule has 7 heteroatoms. The van der Waals surface area contributed by atoms with Gasteiger partial charge in [-0.15, -0.1) is 0 Å². The number of nitrogens with zero attached hydrogens (tertiary/aromatic N) is 2. The summed E-state index contributed by atoms with van der Waals surface area (Å²) in [5.74, 6) is -0.234. The lowest BCUT2D eigenvalue weighted by molar-refractivity contribution is -0.121. The molecule has 0 radical (unpaired) electrons. The molecule has 1 aromatic rings. The number of carbonyl (C=O) groups excluding carboxylic acids is 2. The molecule has 0 aromatic carbocycles. The Morgan fingerprint density at radius 2 is 2.28 bits per heavy atom. The Kier molecular flexibility index (Phi) is 3.66. The number of halogens is 1. The first-order valence-electron chi connectivity index (χ1n) is 5.55. The van der Waals surface area contributed by atoms with E-state index in [1.54, 1.807) is 0 Å². The van der Waals surface area contributed by atoms with Gasteiger partial charge in [0.05, 0.1) is 6.54 Å². The number of aromatic nitrogens is 1. The Hall–Kier alpha value is -1.82. The highest BCUT2D eigenvalue weighted by atomic mass is 35.5. The van der Waals surface area contributed by atoms with Crippen LogP contribution in [0.3, 0.4) is 0 Å². The standard InChI is InChI=1S/C11H13ClN4O2/c12-8-4-7(5-9(13)15-8)11(18)16-3-1-2-14-10(17)6-16/h4-5H,1-3,6H2,(H2,13,15)(H,14,17). The number of anilines is 1. The molecule has 0 aliphatic carbocycles. The summed E-state index contributed by atoms with van der Waals surface area (Å²) in [6, 6.07) is 2.90. The summed E-state index contributed by atoms with van der Waals surface area (Å²) < 4.78 is 0. The van der Waals surface area contributed by atoms with Gasteiger partial charge in [0.15, 0.2) is 0 Å². The predicted molar refractivity (Wildman–Crippen MR) is 67.2 cm³/mol. The maximum absolute atomic E-state index is 12.2. The van der Waals surface area contributed by atoms with Crippen molar-refractivity contribution in [3.63, 3.8) is 0 Å². The zero-order chi connectivity index (χ0) is 13.1. The Labute approximate surface area is 109 Å². The minimum Gasteiger partial charge on any atom is -0.384 e. The van der Waals surface area contributed by atoms with E-state index in [4.69, 9.17) is 17.3 Å². The molecule has 1 aliphatic heterocycles. The van der Waals surface area contributed by atoms with Crippen molar-refractivity contribution in [3.8, 4) is 0 Å². The van der Waals surface area contributed by atoms with Crippen LogP contribution in [0, 0.1) is 0 Å². The Morgan fingerprint density at radius 3 is 3.00 bits per heavy atom. The van der Waals surface area contributed by atoms with Crippen molar-refractivity contribution in [2.45, 2.75) is 6.42 Å². The molecule has 0 saturated carbocycles. The number of carbonyl (C=O) groups is 2. The van der Waals surface area contributed by atoms with Gasteiger partial charge >= 0.3 is 0 Å². The number of amides is 2. The van der Waals surface area contributed by atoms with E-state index in [0.717, 1.165) is 6.42 Å². The fourth-order valence-corrected chi connectivity index (χ4v) is 2.02. The molecular weight excluding hydrogens is 256 g/mol. The number of hydrogen-bond donors (Lipinski definition) is 2. The molecule has 3 N–H and O–H groups in total. The molecule has 96 valence electrons. The summed E-state index contributed by atoms with van der Waals surface area (Å²) in [6.07, 6.45) is 0.728. The van der Waals surface area contributed by atoms with Gasteiger partial charge in [0.1, 0.15) is 11.0 Å². The zero-order valence-electron chi connectivity index (χ0n) is 9.65. The molecule has 1 fully saturated rings. The number of nitrogen functional groups attached to an aromatic ring is 1. The summed E-state index contributed by atoms with van der Waals surface area (Å²) in [7, 11) is 0. The number of nitrogens with one attached hydrogen (secondary N) is 1. The topological polar surface area (TPSA) is 88.3 Å². The van der Waals surface area contributed by atoms with E-state index in [0.29, 0.717) is 18.7 Å². The van der Waals surface area contributed by atoms with Gasteiger partial charge < -0.3 is 16.0 Å². The van der Waals surface area contributed by atoms with Crippen LogP contribution in [0.25, 0.3) is 0 Å². The van der Waals surface area contributed by atoms with Crippen molar-refractivity contribution in [2.75, 3.05) is 25.4 Å². The first kappa shape index (κ1) is 12.6. The number of pyridine rings is 1. The van der Waals surface area contributed by atoms with Crippen LogP contribution in [0.1, 0.15) is 16.8 Å². The van der Waals surface area contributed by atoms with Gasteiger partial charge in [-0.25, -0.2) is 4.98 Å². The van der Waals surface area contributed by atoms with Crippen LogP contribution < -0.4 is 11.1 Å². The Balaban J connectivity index is 2.21. The monoisotopic (exact) mass is 268 g/mol. The lowest BCUT2D eigenvalue weighted by Gasteiger charge is -2.19. The van der Waals surface area contributed by atoms with E-state index >= 15 is 0 Å². The highest BCUT2D eigenvalue weighted by Crippen LogP contribution is 2.14. The first-order chi connectivity index (χ1) is 8.56.